The molecule has 138 valence electrons. The van der Waals surface area contributed by atoms with Gasteiger partial charge < -0.3 is 4.74 Å². The van der Waals surface area contributed by atoms with Crippen molar-refractivity contribution in [2.75, 3.05) is 6.26 Å². The lowest BCUT2D eigenvalue weighted by Gasteiger charge is -2.23. The number of imide groups is 1. The summed E-state index contributed by atoms with van der Waals surface area (Å²) >= 11 is 1.36. The molecule has 0 fully saturated rings. The highest BCUT2D eigenvalue weighted by atomic mass is 32.2. The first-order chi connectivity index (χ1) is 12.7. The number of benzene rings is 1. The van der Waals surface area contributed by atoms with Crippen molar-refractivity contribution in [3.63, 3.8) is 0 Å². The minimum absolute atomic E-state index is 0.161. The number of thioether (sulfide) groups is 1. The molecule has 1 aromatic carbocycles. The number of nitrogens with zero attached hydrogens (tertiary/aromatic N) is 4. The first-order valence-electron chi connectivity index (χ1n) is 8.23. The summed E-state index contributed by atoms with van der Waals surface area (Å²) in [7, 11) is 0. The normalized spacial score (nSPS) is 13.3. The summed E-state index contributed by atoms with van der Waals surface area (Å²) in [6.45, 7) is 5.41. The van der Waals surface area contributed by atoms with Gasteiger partial charge in [0.05, 0.1) is 17.8 Å². The molecule has 27 heavy (non-hydrogen) atoms. The Morgan fingerprint density at radius 1 is 1.37 bits per heavy atom. The molecule has 0 bridgehead atoms. The number of ether oxygens (including phenoxy) is 1. The van der Waals surface area contributed by atoms with E-state index in [1.165, 1.54) is 18.0 Å². The topological polar surface area (TPSA) is 96.2 Å². The number of carbonyl (C=O) groups is 2. The van der Waals surface area contributed by atoms with Crippen LogP contribution in [0.3, 0.4) is 0 Å². The Hall–Kier alpha value is -2.92. The number of rotatable bonds is 2. The van der Waals surface area contributed by atoms with E-state index < -0.39 is 17.6 Å². The Bertz CT molecular complexity index is 976. The van der Waals surface area contributed by atoms with E-state index in [9.17, 15) is 14.9 Å². The maximum atomic E-state index is 12.7. The second kappa shape index (κ2) is 7.00. The molecule has 0 spiro atoms. The Morgan fingerprint density at radius 3 is 2.74 bits per heavy atom. The zero-order chi connectivity index (χ0) is 19.8. The molecule has 2 heterocycles. The van der Waals surface area contributed by atoms with Gasteiger partial charge in [0.2, 0.25) is 0 Å². The van der Waals surface area contributed by atoms with Gasteiger partial charge in [-0.1, -0.05) is 23.9 Å². The molecule has 1 aliphatic heterocycles. The molecule has 0 aliphatic carbocycles. The molecular weight excluding hydrogens is 364 g/mol. The average molecular weight is 382 g/mol. The molecule has 2 amide bonds. The minimum Gasteiger partial charge on any atom is -0.443 e. The molecule has 0 unspecified atom stereocenters. The zero-order valence-corrected chi connectivity index (χ0v) is 16.3. The van der Waals surface area contributed by atoms with Crippen molar-refractivity contribution in [1.82, 2.24) is 14.9 Å². The van der Waals surface area contributed by atoms with Gasteiger partial charge in [-0.3, -0.25) is 4.79 Å². The van der Waals surface area contributed by atoms with E-state index in [1.807, 2.05) is 6.26 Å². The van der Waals surface area contributed by atoms with Gasteiger partial charge in [0.25, 0.3) is 5.91 Å². The number of nitriles is 1. The highest BCUT2D eigenvalue weighted by molar-refractivity contribution is 7.98. The lowest BCUT2D eigenvalue weighted by atomic mass is 10.0. The number of hydrogen-bond donors (Lipinski definition) is 0. The van der Waals surface area contributed by atoms with Crippen LogP contribution in [-0.4, -0.2) is 38.7 Å². The van der Waals surface area contributed by atoms with Crippen LogP contribution in [0.2, 0.25) is 0 Å². The summed E-state index contributed by atoms with van der Waals surface area (Å²) in [5, 5.41) is 9.87. The van der Waals surface area contributed by atoms with Gasteiger partial charge in [0, 0.05) is 17.3 Å². The first-order valence-corrected chi connectivity index (χ1v) is 9.45. The van der Waals surface area contributed by atoms with E-state index in [0.29, 0.717) is 27.5 Å². The van der Waals surface area contributed by atoms with Gasteiger partial charge in [0.1, 0.15) is 11.7 Å². The minimum atomic E-state index is -0.686. The molecule has 1 aliphatic rings. The van der Waals surface area contributed by atoms with Gasteiger partial charge in [-0.2, -0.15) is 5.26 Å². The number of carbonyl (C=O) groups excluding carboxylic acids is 2. The van der Waals surface area contributed by atoms with Crippen molar-refractivity contribution >= 4 is 23.8 Å². The van der Waals surface area contributed by atoms with Crippen LogP contribution in [0, 0.1) is 11.3 Å². The van der Waals surface area contributed by atoms with Gasteiger partial charge in [-0.05, 0) is 38.7 Å². The second-order valence-electron chi connectivity index (χ2n) is 6.97. The number of amides is 2. The summed E-state index contributed by atoms with van der Waals surface area (Å²) in [4.78, 5) is 34.6. The molecule has 0 N–H and O–H groups in total. The number of hydrogen-bond acceptors (Lipinski definition) is 7. The molecular formula is C19H18N4O3S. The maximum Gasteiger partial charge on any atom is 0.417 e. The van der Waals surface area contributed by atoms with Crippen LogP contribution in [0.25, 0.3) is 11.3 Å². The molecule has 2 aromatic rings. The highest BCUT2D eigenvalue weighted by Gasteiger charge is 2.35. The molecule has 3 rings (SSSR count). The van der Waals surface area contributed by atoms with Gasteiger partial charge in [-0.15, -0.1) is 0 Å². The number of fused-ring (bicyclic) bond motifs is 1. The van der Waals surface area contributed by atoms with E-state index >= 15 is 0 Å². The third-order valence-electron chi connectivity index (χ3n) is 3.87. The van der Waals surface area contributed by atoms with Crippen molar-refractivity contribution < 1.29 is 14.3 Å². The maximum absolute atomic E-state index is 12.7. The van der Waals surface area contributed by atoms with Crippen LogP contribution in [0.15, 0.2) is 29.6 Å². The monoisotopic (exact) mass is 382 g/mol. The van der Waals surface area contributed by atoms with Crippen LogP contribution >= 0.6 is 11.8 Å². The largest absolute Gasteiger partial charge is 0.443 e. The SMILES string of the molecule is CSc1ncc(C#N)c(-c2ccc3c(c2)C(=O)N(C(=O)OC(C)(C)C)C3)n1. The zero-order valence-electron chi connectivity index (χ0n) is 15.4. The van der Waals surface area contributed by atoms with Crippen LogP contribution in [0.1, 0.15) is 42.3 Å². The summed E-state index contributed by atoms with van der Waals surface area (Å²) in [6, 6.07) is 7.30. The van der Waals surface area contributed by atoms with Crippen molar-refractivity contribution in [2.45, 2.75) is 38.1 Å². The first kappa shape index (κ1) is 18.9. The Morgan fingerprint density at radius 2 is 2.11 bits per heavy atom. The van der Waals surface area contributed by atoms with Crippen molar-refractivity contribution in [2.24, 2.45) is 0 Å². The number of aromatic nitrogens is 2. The fourth-order valence-corrected chi connectivity index (χ4v) is 3.02. The lowest BCUT2D eigenvalue weighted by molar-refractivity contribution is 0.0248. The summed E-state index contributed by atoms with van der Waals surface area (Å²) in [5.41, 5.74) is 1.86. The quantitative estimate of drug-likeness (QED) is 0.578. The van der Waals surface area contributed by atoms with Crippen molar-refractivity contribution in [3.05, 3.63) is 41.1 Å². The molecule has 0 atom stereocenters. The fraction of sp³-hybridized carbons (Fsp3) is 0.316. The second-order valence-corrected chi connectivity index (χ2v) is 7.75. The standard InChI is InChI=1S/C19H18N4O3S/c1-19(2,3)26-18(25)23-10-12-6-5-11(7-14(12)16(23)24)15-13(8-20)9-21-17(22-15)27-4/h5-7,9H,10H2,1-4H3. The van der Waals surface area contributed by atoms with E-state index in [-0.39, 0.29) is 6.54 Å². The van der Waals surface area contributed by atoms with Crippen LogP contribution in [0.4, 0.5) is 4.79 Å². The van der Waals surface area contributed by atoms with Gasteiger partial charge in [-0.25, -0.2) is 19.7 Å². The molecule has 8 heteroatoms. The predicted octanol–water partition coefficient (Wildman–Crippen LogP) is 3.63. The van der Waals surface area contributed by atoms with Crippen molar-refractivity contribution in [1.29, 1.82) is 5.26 Å². The third kappa shape index (κ3) is 3.78. The van der Waals surface area contributed by atoms with Crippen LogP contribution < -0.4 is 0 Å². The van der Waals surface area contributed by atoms with Crippen LogP contribution in [0.5, 0.6) is 0 Å². The lowest BCUT2D eigenvalue weighted by Crippen LogP contribution is -2.36. The van der Waals surface area contributed by atoms with E-state index in [0.717, 1.165) is 10.5 Å². The third-order valence-corrected chi connectivity index (χ3v) is 4.43. The summed E-state index contributed by atoms with van der Waals surface area (Å²) in [6.07, 6.45) is 2.64. The summed E-state index contributed by atoms with van der Waals surface area (Å²) < 4.78 is 5.30. The predicted molar refractivity (Wildman–Crippen MR) is 100 cm³/mol. The Labute approximate surface area is 161 Å². The molecule has 0 saturated carbocycles. The van der Waals surface area contributed by atoms with Crippen LogP contribution in [-0.2, 0) is 11.3 Å². The van der Waals surface area contributed by atoms with E-state index in [2.05, 4.69) is 16.0 Å². The average Bonchev–Trinajstić information content (AvgIpc) is 2.96. The molecule has 0 radical (unpaired) electrons. The van der Waals surface area contributed by atoms with Gasteiger partial charge in [0.15, 0.2) is 5.16 Å². The Balaban J connectivity index is 1.96. The van der Waals surface area contributed by atoms with E-state index in [1.54, 1.807) is 39.0 Å². The van der Waals surface area contributed by atoms with Crippen molar-refractivity contribution in [3.8, 4) is 17.3 Å². The summed E-state index contributed by atoms with van der Waals surface area (Å²) in [5.74, 6) is -0.418. The molecule has 1 aromatic heterocycles. The highest BCUT2D eigenvalue weighted by Crippen LogP contribution is 2.30. The fourth-order valence-electron chi connectivity index (χ4n) is 2.68. The van der Waals surface area contributed by atoms with E-state index in [4.69, 9.17) is 4.74 Å². The molecule has 0 saturated heterocycles. The van der Waals surface area contributed by atoms with Gasteiger partial charge >= 0.3 is 6.09 Å². The smallest absolute Gasteiger partial charge is 0.417 e. The molecule has 7 nitrogen and oxygen atoms in total. The Kier molecular flexibility index (Phi) is 4.89.